The highest BCUT2D eigenvalue weighted by molar-refractivity contribution is 9.10. The molecule has 3 rings (SSSR count). The van der Waals surface area contributed by atoms with E-state index in [0.29, 0.717) is 10.3 Å². The van der Waals surface area contributed by atoms with Gasteiger partial charge in [0.2, 0.25) is 0 Å². The van der Waals surface area contributed by atoms with Gasteiger partial charge in [0.1, 0.15) is 11.8 Å². The number of fused-ring (bicyclic) bond motifs is 1. The predicted molar refractivity (Wildman–Crippen MR) is 79.2 cm³/mol. The van der Waals surface area contributed by atoms with Crippen LogP contribution in [0.2, 0.25) is 0 Å². The van der Waals surface area contributed by atoms with E-state index in [2.05, 4.69) is 31.2 Å². The average molecular weight is 333 g/mol. The van der Waals surface area contributed by atoms with Crippen molar-refractivity contribution in [1.29, 1.82) is 0 Å². The van der Waals surface area contributed by atoms with Crippen LogP contribution in [0.15, 0.2) is 34.9 Å². The minimum absolute atomic E-state index is 0.547. The lowest BCUT2D eigenvalue weighted by molar-refractivity contribution is 0.210. The summed E-state index contributed by atoms with van der Waals surface area (Å²) in [5.74, 6) is 0. The molecule has 0 aliphatic carbocycles. The largest absolute Gasteiger partial charge is 0.382 e. The Bertz CT molecular complexity index is 764. The first kappa shape index (κ1) is 13.2. The van der Waals surface area contributed by atoms with Gasteiger partial charge < -0.3 is 5.11 Å². The molecule has 2 heterocycles. The highest BCUT2D eigenvalue weighted by atomic mass is 79.9. The fourth-order valence-electron chi connectivity index (χ4n) is 2.34. The number of rotatable bonds is 2. The number of aromatic nitrogens is 4. The Morgan fingerprint density at radius 1 is 1.30 bits per heavy atom. The summed E-state index contributed by atoms with van der Waals surface area (Å²) in [7, 11) is 1.76. The van der Waals surface area contributed by atoms with Gasteiger partial charge in [-0.15, -0.1) is 5.10 Å². The summed E-state index contributed by atoms with van der Waals surface area (Å²) < 4.78 is 2.12. The van der Waals surface area contributed by atoms with E-state index in [-0.39, 0.29) is 0 Å². The molecule has 0 saturated carbocycles. The number of aryl methyl sites for hydroxylation is 2. The summed E-state index contributed by atoms with van der Waals surface area (Å²) in [4.78, 5) is 4.48. The Kier molecular flexibility index (Phi) is 3.27. The summed E-state index contributed by atoms with van der Waals surface area (Å²) in [6.45, 7) is 1.92. The van der Waals surface area contributed by atoms with Gasteiger partial charge >= 0.3 is 0 Å². The van der Waals surface area contributed by atoms with Crippen LogP contribution in [-0.2, 0) is 7.05 Å². The van der Waals surface area contributed by atoms with Gasteiger partial charge in [-0.25, -0.2) is 4.68 Å². The molecule has 0 fully saturated rings. The highest BCUT2D eigenvalue weighted by Gasteiger charge is 2.21. The molecule has 0 bridgehead atoms. The zero-order valence-electron chi connectivity index (χ0n) is 11.1. The Morgan fingerprint density at radius 2 is 2.05 bits per heavy atom. The smallest absolute Gasteiger partial charge is 0.154 e. The number of aliphatic hydroxyl groups excluding tert-OH is 1. The summed E-state index contributed by atoms with van der Waals surface area (Å²) in [6, 6.07) is 9.66. The Balaban J connectivity index is 2.24. The molecule has 2 aromatic heterocycles. The van der Waals surface area contributed by atoms with Crippen molar-refractivity contribution in [1.82, 2.24) is 20.0 Å². The zero-order chi connectivity index (χ0) is 14.3. The molecule has 0 aliphatic rings. The third-order valence-corrected chi connectivity index (χ3v) is 3.82. The minimum Gasteiger partial charge on any atom is -0.382 e. The number of halogens is 1. The summed E-state index contributed by atoms with van der Waals surface area (Å²) >= 11 is 3.33. The van der Waals surface area contributed by atoms with Crippen LogP contribution in [0.3, 0.4) is 0 Å². The normalized spacial score (nSPS) is 12.8. The van der Waals surface area contributed by atoms with Crippen molar-refractivity contribution in [3.63, 3.8) is 0 Å². The van der Waals surface area contributed by atoms with Crippen molar-refractivity contribution >= 4 is 26.8 Å². The lowest BCUT2D eigenvalue weighted by atomic mass is 10.0. The molecule has 0 aliphatic heterocycles. The molecule has 1 N–H and O–H groups in total. The second kappa shape index (κ2) is 4.96. The molecule has 3 aromatic rings. The van der Waals surface area contributed by atoms with Crippen LogP contribution < -0.4 is 0 Å². The molecular formula is C14H13BrN4O. The highest BCUT2D eigenvalue weighted by Crippen LogP contribution is 2.31. The lowest BCUT2D eigenvalue weighted by Gasteiger charge is -2.14. The van der Waals surface area contributed by atoms with Gasteiger partial charge in [-0.3, -0.25) is 4.98 Å². The van der Waals surface area contributed by atoms with E-state index in [1.54, 1.807) is 11.7 Å². The molecule has 1 unspecified atom stereocenters. The van der Waals surface area contributed by atoms with Crippen LogP contribution in [0.25, 0.3) is 10.9 Å². The molecule has 1 atom stereocenters. The van der Waals surface area contributed by atoms with Gasteiger partial charge in [-0.05, 0) is 40.5 Å². The number of benzene rings is 1. The van der Waals surface area contributed by atoms with Gasteiger partial charge in [-0.2, -0.15) is 0 Å². The van der Waals surface area contributed by atoms with Crippen molar-refractivity contribution in [2.45, 2.75) is 13.0 Å². The van der Waals surface area contributed by atoms with E-state index in [1.807, 2.05) is 37.3 Å². The number of para-hydroxylation sites is 1. The molecule has 0 amide bonds. The van der Waals surface area contributed by atoms with E-state index in [0.717, 1.165) is 22.2 Å². The number of nitrogens with zero attached hydrogens (tertiary/aromatic N) is 4. The maximum Gasteiger partial charge on any atom is 0.154 e. The maximum atomic E-state index is 10.7. The number of hydrogen-bond acceptors (Lipinski definition) is 4. The van der Waals surface area contributed by atoms with E-state index in [9.17, 15) is 5.11 Å². The van der Waals surface area contributed by atoms with Crippen LogP contribution in [0.4, 0.5) is 0 Å². The fourth-order valence-corrected chi connectivity index (χ4v) is 2.89. The fraction of sp³-hybridized carbons (Fsp3) is 0.214. The van der Waals surface area contributed by atoms with E-state index in [1.165, 1.54) is 0 Å². The third-order valence-electron chi connectivity index (χ3n) is 3.26. The standard InChI is InChI=1S/C14H13BrN4O/c1-8-7-10(9-5-3-4-6-11(9)16-8)13(20)12-14(15)17-18-19(12)2/h3-7,13,20H,1-2H3. The number of hydrogen-bond donors (Lipinski definition) is 1. The number of pyridine rings is 1. The topological polar surface area (TPSA) is 63.8 Å². The maximum absolute atomic E-state index is 10.7. The second-order valence-corrected chi connectivity index (χ2v) is 5.41. The van der Waals surface area contributed by atoms with Crippen molar-refractivity contribution in [3.8, 4) is 0 Å². The summed E-state index contributed by atoms with van der Waals surface area (Å²) in [6.07, 6.45) is -0.809. The lowest BCUT2D eigenvalue weighted by Crippen LogP contribution is -2.08. The number of aliphatic hydroxyl groups is 1. The SMILES string of the molecule is Cc1cc(C(O)c2c(Br)nnn2C)c2ccccc2n1. The zero-order valence-corrected chi connectivity index (χ0v) is 12.7. The molecule has 6 heteroatoms. The second-order valence-electron chi connectivity index (χ2n) is 4.66. The van der Waals surface area contributed by atoms with Crippen LogP contribution in [-0.4, -0.2) is 25.1 Å². The molecule has 0 spiro atoms. The minimum atomic E-state index is -0.809. The van der Waals surface area contributed by atoms with Crippen molar-refractivity contribution in [2.75, 3.05) is 0 Å². The van der Waals surface area contributed by atoms with Crippen LogP contribution in [0, 0.1) is 6.92 Å². The Morgan fingerprint density at radius 3 is 2.75 bits per heavy atom. The van der Waals surface area contributed by atoms with Gasteiger partial charge in [0, 0.05) is 18.1 Å². The van der Waals surface area contributed by atoms with Crippen molar-refractivity contribution < 1.29 is 5.11 Å². The van der Waals surface area contributed by atoms with Crippen LogP contribution >= 0.6 is 15.9 Å². The molecule has 20 heavy (non-hydrogen) atoms. The van der Waals surface area contributed by atoms with Gasteiger partial charge in [0.05, 0.1) is 5.52 Å². The van der Waals surface area contributed by atoms with E-state index >= 15 is 0 Å². The first-order valence-corrected chi connectivity index (χ1v) is 6.96. The van der Waals surface area contributed by atoms with Crippen molar-refractivity contribution in [3.05, 3.63) is 51.9 Å². The van der Waals surface area contributed by atoms with E-state index in [4.69, 9.17) is 0 Å². The monoisotopic (exact) mass is 332 g/mol. The molecule has 0 saturated heterocycles. The first-order valence-electron chi connectivity index (χ1n) is 6.17. The third kappa shape index (κ3) is 2.10. The van der Waals surface area contributed by atoms with Crippen LogP contribution in [0.5, 0.6) is 0 Å². The van der Waals surface area contributed by atoms with Gasteiger partial charge in [-0.1, -0.05) is 23.4 Å². The first-order chi connectivity index (χ1) is 9.58. The van der Waals surface area contributed by atoms with E-state index < -0.39 is 6.10 Å². The van der Waals surface area contributed by atoms with Crippen molar-refractivity contribution in [2.24, 2.45) is 7.05 Å². The Hall–Kier alpha value is -1.79. The van der Waals surface area contributed by atoms with Crippen LogP contribution in [0.1, 0.15) is 23.1 Å². The summed E-state index contributed by atoms with van der Waals surface area (Å²) in [5.41, 5.74) is 3.16. The molecule has 0 radical (unpaired) electrons. The van der Waals surface area contributed by atoms with Gasteiger partial charge in [0.15, 0.2) is 4.60 Å². The molecule has 5 nitrogen and oxygen atoms in total. The van der Waals surface area contributed by atoms with Gasteiger partial charge in [0.25, 0.3) is 0 Å². The Labute approximate surface area is 124 Å². The predicted octanol–water partition coefficient (Wildman–Crippen LogP) is 2.52. The molecule has 102 valence electrons. The quantitative estimate of drug-likeness (QED) is 0.783. The molecular weight excluding hydrogens is 320 g/mol. The average Bonchev–Trinajstić information content (AvgIpc) is 2.76. The molecule has 1 aromatic carbocycles. The summed E-state index contributed by atoms with van der Waals surface area (Å²) in [5, 5.41) is 19.5.